The van der Waals surface area contributed by atoms with Crippen molar-refractivity contribution >= 4 is 5.69 Å². The molecule has 1 saturated heterocycles. The summed E-state index contributed by atoms with van der Waals surface area (Å²) in [6.07, 6.45) is 5.97. The van der Waals surface area contributed by atoms with Crippen LogP contribution in [-0.2, 0) is 0 Å². The lowest BCUT2D eigenvalue weighted by atomic mass is 9.70. The minimum Gasteiger partial charge on any atom is -0.497 e. The zero-order valence-electron chi connectivity index (χ0n) is 20.7. The molecule has 1 atom stereocenters. The average Bonchev–Trinajstić information content (AvgIpc) is 2.83. The largest absolute Gasteiger partial charge is 0.497 e. The van der Waals surface area contributed by atoms with Gasteiger partial charge < -0.3 is 20.3 Å². The number of anilines is 1. The first-order chi connectivity index (χ1) is 16.0. The topological polar surface area (TPSA) is 36.5 Å². The molecule has 1 unspecified atom stereocenters. The molecule has 178 valence electrons. The molecule has 0 aromatic heterocycles. The monoisotopic (exact) mass is 447 g/mol. The van der Waals surface area contributed by atoms with Gasteiger partial charge in [-0.25, -0.2) is 0 Å². The molecule has 1 heterocycles. The van der Waals surface area contributed by atoms with Crippen molar-refractivity contribution in [3.63, 3.8) is 0 Å². The first-order valence-electron chi connectivity index (χ1n) is 12.3. The van der Waals surface area contributed by atoms with Gasteiger partial charge in [0.1, 0.15) is 5.75 Å². The fraction of sp³-hybridized carbons (Fsp3) is 0.448. The number of piperidine rings is 1. The molecule has 0 aliphatic carbocycles. The molecule has 4 nitrogen and oxygen atoms in total. The van der Waals surface area contributed by atoms with Crippen LogP contribution in [0.15, 0.2) is 79.1 Å². The molecule has 0 radical (unpaired) electrons. The van der Waals surface area contributed by atoms with Gasteiger partial charge in [-0.1, -0.05) is 68.5 Å². The molecule has 2 N–H and O–H groups in total. The number of methoxy groups -OCH3 is 1. The Hall–Kier alpha value is -2.72. The van der Waals surface area contributed by atoms with Gasteiger partial charge >= 0.3 is 0 Å². The first kappa shape index (κ1) is 24.9. The third kappa shape index (κ3) is 6.88. The summed E-state index contributed by atoms with van der Waals surface area (Å²) in [5, 5.41) is 7.01. The fourth-order valence-electron chi connectivity index (χ4n) is 5.01. The van der Waals surface area contributed by atoms with Gasteiger partial charge in [0, 0.05) is 18.3 Å². The van der Waals surface area contributed by atoms with Gasteiger partial charge in [0.2, 0.25) is 0 Å². The number of rotatable bonds is 12. The highest BCUT2D eigenvalue weighted by molar-refractivity contribution is 5.51. The van der Waals surface area contributed by atoms with Gasteiger partial charge in [-0.05, 0) is 68.8 Å². The summed E-state index contributed by atoms with van der Waals surface area (Å²) in [6, 6.07) is 18.8. The summed E-state index contributed by atoms with van der Waals surface area (Å²) in [6.45, 7) is 16.5. The second-order valence-corrected chi connectivity index (χ2v) is 9.38. The smallest absolute Gasteiger partial charge is 0.120 e. The normalized spacial score (nSPS) is 16.6. The number of hydrogen-bond acceptors (Lipinski definition) is 4. The molecule has 2 aromatic rings. The van der Waals surface area contributed by atoms with E-state index in [0.29, 0.717) is 5.41 Å². The van der Waals surface area contributed by atoms with Crippen LogP contribution < -0.4 is 15.4 Å². The van der Waals surface area contributed by atoms with Crippen LogP contribution in [-0.4, -0.2) is 31.6 Å². The van der Waals surface area contributed by atoms with Crippen LogP contribution in [0.4, 0.5) is 5.69 Å². The van der Waals surface area contributed by atoms with Crippen LogP contribution in [0.3, 0.4) is 0 Å². The standard InChI is InChI=1S/C29H41N3O/c1-6-16-29(23(2)3)17-20-32(21-18-29)19-15-28(25-11-8-7-9-12-25)31-24(4)30-26-13-10-14-27(22-26)33-5/h7-14,22,28,30-31H,2,4,6,15-21H2,1,3,5H3. The SMILES string of the molecule is C=C(Nc1cccc(OC)c1)NC(CCN1CCC(CCC)(C(=C)C)CC1)c1ccccc1. The lowest BCUT2D eigenvalue weighted by Gasteiger charge is -2.43. The summed E-state index contributed by atoms with van der Waals surface area (Å²) in [5.41, 5.74) is 3.96. The Labute approximate surface area is 200 Å². The molecule has 4 heteroatoms. The predicted octanol–water partition coefficient (Wildman–Crippen LogP) is 6.76. The van der Waals surface area contributed by atoms with Gasteiger partial charge in [0.15, 0.2) is 0 Å². The van der Waals surface area contributed by atoms with Crippen LogP contribution in [0.5, 0.6) is 5.75 Å². The van der Waals surface area contributed by atoms with Crippen molar-refractivity contribution in [2.75, 3.05) is 32.1 Å². The molecule has 0 saturated carbocycles. The Balaban J connectivity index is 1.60. The summed E-state index contributed by atoms with van der Waals surface area (Å²) < 4.78 is 5.34. The van der Waals surface area contributed by atoms with Crippen molar-refractivity contribution in [3.05, 3.63) is 84.7 Å². The molecule has 1 aliphatic rings. The van der Waals surface area contributed by atoms with Crippen LogP contribution in [0.25, 0.3) is 0 Å². The molecule has 0 spiro atoms. The number of nitrogens with zero attached hydrogens (tertiary/aromatic N) is 1. The van der Waals surface area contributed by atoms with E-state index in [-0.39, 0.29) is 6.04 Å². The Kier molecular flexibility index (Phi) is 9.02. The van der Waals surface area contributed by atoms with Crippen LogP contribution in [0.2, 0.25) is 0 Å². The minimum atomic E-state index is 0.195. The highest BCUT2D eigenvalue weighted by Crippen LogP contribution is 2.42. The Bertz CT molecular complexity index is 900. The molecular weight excluding hydrogens is 406 g/mol. The molecular formula is C29H41N3O. The van der Waals surface area contributed by atoms with E-state index in [1.807, 2.05) is 24.3 Å². The molecule has 0 amide bonds. The Morgan fingerprint density at radius 1 is 1.09 bits per heavy atom. The average molecular weight is 448 g/mol. The molecule has 3 rings (SSSR count). The Morgan fingerprint density at radius 2 is 1.82 bits per heavy atom. The first-order valence-corrected chi connectivity index (χ1v) is 12.3. The molecule has 33 heavy (non-hydrogen) atoms. The second kappa shape index (κ2) is 11.9. The zero-order chi connectivity index (χ0) is 23.7. The highest BCUT2D eigenvalue weighted by atomic mass is 16.5. The van der Waals surface area contributed by atoms with Crippen LogP contribution in [0.1, 0.15) is 57.6 Å². The van der Waals surface area contributed by atoms with E-state index in [0.717, 1.165) is 43.3 Å². The number of benzene rings is 2. The third-order valence-corrected chi connectivity index (χ3v) is 7.10. The molecule has 0 bridgehead atoms. The third-order valence-electron chi connectivity index (χ3n) is 7.10. The minimum absolute atomic E-state index is 0.195. The van der Waals surface area contributed by atoms with Gasteiger partial charge in [-0.15, -0.1) is 0 Å². The maximum atomic E-state index is 5.34. The van der Waals surface area contributed by atoms with Crippen molar-refractivity contribution in [2.24, 2.45) is 5.41 Å². The predicted molar refractivity (Wildman–Crippen MR) is 141 cm³/mol. The van der Waals surface area contributed by atoms with E-state index in [4.69, 9.17) is 4.74 Å². The number of nitrogens with one attached hydrogen (secondary N) is 2. The lowest BCUT2D eigenvalue weighted by Crippen LogP contribution is -2.41. The second-order valence-electron chi connectivity index (χ2n) is 9.38. The van der Waals surface area contributed by atoms with E-state index in [2.05, 4.69) is 72.9 Å². The van der Waals surface area contributed by atoms with Crippen molar-refractivity contribution in [3.8, 4) is 5.75 Å². The summed E-state index contributed by atoms with van der Waals surface area (Å²) >= 11 is 0. The van der Waals surface area contributed by atoms with Gasteiger partial charge in [0.25, 0.3) is 0 Å². The van der Waals surface area contributed by atoms with Crippen molar-refractivity contribution in [2.45, 2.75) is 52.0 Å². The van der Waals surface area contributed by atoms with Crippen LogP contribution >= 0.6 is 0 Å². The van der Waals surface area contributed by atoms with E-state index in [1.165, 1.54) is 36.8 Å². The van der Waals surface area contributed by atoms with Crippen LogP contribution in [0, 0.1) is 5.41 Å². The molecule has 1 fully saturated rings. The fourth-order valence-corrected chi connectivity index (χ4v) is 5.01. The van der Waals surface area contributed by atoms with Gasteiger partial charge in [-0.3, -0.25) is 0 Å². The quantitative estimate of drug-likeness (QED) is 0.353. The van der Waals surface area contributed by atoms with Crippen molar-refractivity contribution < 1.29 is 4.74 Å². The van der Waals surface area contributed by atoms with E-state index < -0.39 is 0 Å². The van der Waals surface area contributed by atoms with E-state index in [1.54, 1.807) is 7.11 Å². The number of ether oxygens (including phenoxy) is 1. The molecule has 1 aliphatic heterocycles. The number of allylic oxidation sites excluding steroid dienone is 1. The van der Waals surface area contributed by atoms with Gasteiger partial charge in [-0.2, -0.15) is 0 Å². The summed E-state index contributed by atoms with van der Waals surface area (Å²) in [4.78, 5) is 2.62. The number of likely N-dealkylation sites (tertiary alicyclic amines) is 1. The summed E-state index contributed by atoms with van der Waals surface area (Å²) in [5.74, 6) is 1.62. The van der Waals surface area contributed by atoms with Crippen molar-refractivity contribution in [1.82, 2.24) is 10.2 Å². The van der Waals surface area contributed by atoms with Gasteiger partial charge in [0.05, 0.1) is 19.0 Å². The lowest BCUT2D eigenvalue weighted by molar-refractivity contribution is 0.119. The maximum absolute atomic E-state index is 5.34. The van der Waals surface area contributed by atoms with E-state index >= 15 is 0 Å². The zero-order valence-corrected chi connectivity index (χ0v) is 20.7. The summed E-state index contributed by atoms with van der Waals surface area (Å²) in [7, 11) is 1.68. The van der Waals surface area contributed by atoms with Crippen molar-refractivity contribution in [1.29, 1.82) is 0 Å². The maximum Gasteiger partial charge on any atom is 0.120 e. The highest BCUT2D eigenvalue weighted by Gasteiger charge is 2.34. The van der Waals surface area contributed by atoms with E-state index in [9.17, 15) is 0 Å². The Morgan fingerprint density at radius 3 is 2.45 bits per heavy atom. The molecule has 2 aromatic carbocycles. The number of hydrogen-bond donors (Lipinski definition) is 2.